The summed E-state index contributed by atoms with van der Waals surface area (Å²) in [6.45, 7) is 2.34. The molecule has 0 aromatic heterocycles. The number of ketones is 1. The van der Waals surface area contributed by atoms with E-state index in [1.165, 1.54) is 0 Å². The van der Waals surface area contributed by atoms with E-state index >= 15 is 0 Å². The van der Waals surface area contributed by atoms with Gasteiger partial charge in [-0.25, -0.2) is 0 Å². The van der Waals surface area contributed by atoms with Crippen molar-refractivity contribution in [1.29, 1.82) is 0 Å². The smallest absolute Gasteiger partial charge is 0.155 e. The number of hydrogen-bond acceptors (Lipinski definition) is 3. The molecule has 3 saturated carbocycles. The number of carbonyl (C=O) groups is 1. The Labute approximate surface area is 126 Å². The third-order valence-electron chi connectivity index (χ3n) is 7.19. The SMILES string of the molecule is C[C@]12CC[C@@H]3[C@H](CCC4=CC(=O)CC[C@@]43O)[C@H]1C[C@@H](O)C2. The van der Waals surface area contributed by atoms with Crippen molar-refractivity contribution in [2.75, 3.05) is 0 Å². The average molecular weight is 290 g/mol. The first kappa shape index (κ1) is 14.0. The predicted octanol–water partition coefficient (Wildman–Crippen LogP) is 2.60. The van der Waals surface area contributed by atoms with Crippen molar-refractivity contribution in [3.05, 3.63) is 11.6 Å². The molecule has 0 radical (unpaired) electrons. The highest BCUT2D eigenvalue weighted by Gasteiger charge is 2.58. The summed E-state index contributed by atoms with van der Waals surface area (Å²) in [5.74, 6) is 1.56. The van der Waals surface area contributed by atoms with E-state index < -0.39 is 5.60 Å². The molecule has 2 N–H and O–H groups in total. The van der Waals surface area contributed by atoms with Gasteiger partial charge < -0.3 is 10.2 Å². The minimum Gasteiger partial charge on any atom is -0.393 e. The van der Waals surface area contributed by atoms with Gasteiger partial charge in [0.05, 0.1) is 11.7 Å². The Morgan fingerprint density at radius 3 is 2.81 bits per heavy atom. The standard InChI is InChI=1S/C18H26O3/c1-17-6-5-15-14(16(17)9-13(20)10-17)3-2-11-8-12(19)4-7-18(11,15)21/h8,13-16,20-21H,2-7,9-10H2,1H3/t13-,14+,15-,16-,17-,18-/m1/s1. The summed E-state index contributed by atoms with van der Waals surface area (Å²) in [5, 5.41) is 21.4. The van der Waals surface area contributed by atoms with Crippen molar-refractivity contribution in [2.45, 2.75) is 70.0 Å². The number of fused-ring (bicyclic) bond motifs is 5. The Morgan fingerprint density at radius 2 is 2.00 bits per heavy atom. The van der Waals surface area contributed by atoms with Gasteiger partial charge in [-0.3, -0.25) is 4.79 Å². The summed E-state index contributed by atoms with van der Waals surface area (Å²) < 4.78 is 0. The second kappa shape index (κ2) is 4.42. The molecule has 0 saturated heterocycles. The molecule has 21 heavy (non-hydrogen) atoms. The van der Waals surface area contributed by atoms with E-state index in [0.717, 1.165) is 44.1 Å². The molecule has 0 unspecified atom stereocenters. The van der Waals surface area contributed by atoms with E-state index in [4.69, 9.17) is 0 Å². The van der Waals surface area contributed by atoms with Crippen LogP contribution in [0.5, 0.6) is 0 Å². The van der Waals surface area contributed by atoms with Crippen LogP contribution >= 0.6 is 0 Å². The van der Waals surface area contributed by atoms with Gasteiger partial charge in [0.25, 0.3) is 0 Å². The van der Waals surface area contributed by atoms with E-state index in [9.17, 15) is 15.0 Å². The molecule has 4 rings (SSSR count). The van der Waals surface area contributed by atoms with Gasteiger partial charge in [0.2, 0.25) is 0 Å². The molecule has 0 aromatic carbocycles. The molecule has 4 aliphatic carbocycles. The van der Waals surface area contributed by atoms with Gasteiger partial charge in [-0.2, -0.15) is 0 Å². The molecule has 3 fully saturated rings. The lowest BCUT2D eigenvalue weighted by atomic mass is 9.51. The molecule has 0 aromatic rings. The highest BCUT2D eigenvalue weighted by Crippen LogP contribution is 2.62. The van der Waals surface area contributed by atoms with Crippen LogP contribution in [0.25, 0.3) is 0 Å². The lowest BCUT2D eigenvalue weighted by molar-refractivity contribution is -0.124. The van der Waals surface area contributed by atoms with Crippen LogP contribution in [-0.2, 0) is 4.79 Å². The second-order valence-corrected chi connectivity index (χ2v) is 8.26. The Bertz CT molecular complexity index is 511. The zero-order valence-electron chi connectivity index (χ0n) is 12.8. The van der Waals surface area contributed by atoms with Gasteiger partial charge in [-0.1, -0.05) is 6.92 Å². The third-order valence-corrected chi connectivity index (χ3v) is 7.19. The number of rotatable bonds is 0. The minimum atomic E-state index is -0.730. The largest absolute Gasteiger partial charge is 0.393 e. The monoisotopic (exact) mass is 290 g/mol. The highest BCUT2D eigenvalue weighted by atomic mass is 16.3. The maximum Gasteiger partial charge on any atom is 0.155 e. The number of carbonyl (C=O) groups excluding carboxylic acids is 1. The topological polar surface area (TPSA) is 57.5 Å². The van der Waals surface area contributed by atoms with E-state index in [-0.39, 0.29) is 17.3 Å². The predicted molar refractivity (Wildman–Crippen MR) is 79.6 cm³/mol. The number of aliphatic hydroxyl groups excluding tert-OH is 1. The maximum absolute atomic E-state index is 11.7. The lowest BCUT2D eigenvalue weighted by Crippen LogP contribution is -2.54. The normalized spacial score (nSPS) is 52.7. The van der Waals surface area contributed by atoms with Crippen molar-refractivity contribution in [1.82, 2.24) is 0 Å². The van der Waals surface area contributed by atoms with E-state index in [0.29, 0.717) is 30.6 Å². The fourth-order valence-electron chi connectivity index (χ4n) is 6.20. The zero-order valence-corrected chi connectivity index (χ0v) is 12.8. The molecule has 6 atom stereocenters. The molecule has 0 amide bonds. The Balaban J connectivity index is 1.68. The van der Waals surface area contributed by atoms with Gasteiger partial charge in [0.1, 0.15) is 0 Å². The number of aliphatic hydroxyl groups is 2. The molecule has 0 bridgehead atoms. The fourth-order valence-corrected chi connectivity index (χ4v) is 6.20. The van der Waals surface area contributed by atoms with Crippen LogP contribution in [0, 0.1) is 23.2 Å². The summed E-state index contributed by atoms with van der Waals surface area (Å²) in [6.07, 6.45) is 8.64. The first-order chi connectivity index (χ1) is 9.92. The molecular formula is C18H26O3. The van der Waals surface area contributed by atoms with Gasteiger partial charge in [0, 0.05) is 6.42 Å². The quantitative estimate of drug-likeness (QED) is 0.721. The molecule has 0 aliphatic heterocycles. The fraction of sp³-hybridized carbons (Fsp3) is 0.833. The zero-order chi connectivity index (χ0) is 14.8. The molecule has 0 spiro atoms. The van der Waals surface area contributed by atoms with Crippen LogP contribution in [0.15, 0.2) is 11.6 Å². The second-order valence-electron chi connectivity index (χ2n) is 8.26. The Morgan fingerprint density at radius 1 is 1.19 bits per heavy atom. The summed E-state index contributed by atoms with van der Waals surface area (Å²) in [4.78, 5) is 11.7. The van der Waals surface area contributed by atoms with Crippen molar-refractivity contribution in [3.63, 3.8) is 0 Å². The van der Waals surface area contributed by atoms with Crippen LogP contribution in [0.2, 0.25) is 0 Å². The summed E-state index contributed by atoms with van der Waals surface area (Å²) in [7, 11) is 0. The molecule has 4 aliphatic rings. The third kappa shape index (κ3) is 1.90. The van der Waals surface area contributed by atoms with Gasteiger partial charge in [-0.15, -0.1) is 0 Å². The first-order valence-corrected chi connectivity index (χ1v) is 8.57. The van der Waals surface area contributed by atoms with E-state index in [1.54, 1.807) is 6.08 Å². The Kier molecular flexibility index (Phi) is 2.94. The van der Waals surface area contributed by atoms with Crippen LogP contribution in [0.3, 0.4) is 0 Å². The molecule has 0 heterocycles. The van der Waals surface area contributed by atoms with Crippen LogP contribution < -0.4 is 0 Å². The van der Waals surface area contributed by atoms with E-state index in [1.807, 2.05) is 0 Å². The minimum absolute atomic E-state index is 0.154. The highest BCUT2D eigenvalue weighted by molar-refractivity contribution is 5.92. The average Bonchev–Trinajstić information content (AvgIpc) is 2.74. The van der Waals surface area contributed by atoms with Gasteiger partial charge in [0.15, 0.2) is 5.78 Å². The summed E-state index contributed by atoms with van der Waals surface area (Å²) >= 11 is 0. The molecule has 3 nitrogen and oxygen atoms in total. The maximum atomic E-state index is 11.7. The van der Waals surface area contributed by atoms with Crippen molar-refractivity contribution >= 4 is 5.78 Å². The summed E-state index contributed by atoms with van der Waals surface area (Å²) in [6, 6.07) is 0. The Hall–Kier alpha value is -0.670. The molecular weight excluding hydrogens is 264 g/mol. The van der Waals surface area contributed by atoms with Crippen molar-refractivity contribution < 1.29 is 15.0 Å². The van der Waals surface area contributed by atoms with Crippen LogP contribution in [-0.4, -0.2) is 27.7 Å². The molecule has 3 heteroatoms. The van der Waals surface area contributed by atoms with Crippen LogP contribution in [0.4, 0.5) is 0 Å². The van der Waals surface area contributed by atoms with Gasteiger partial charge in [-0.05, 0) is 79.8 Å². The van der Waals surface area contributed by atoms with E-state index in [2.05, 4.69) is 6.92 Å². The number of hydrogen-bond donors (Lipinski definition) is 2. The van der Waals surface area contributed by atoms with Crippen LogP contribution in [0.1, 0.15) is 58.3 Å². The van der Waals surface area contributed by atoms with Crippen molar-refractivity contribution in [2.24, 2.45) is 23.2 Å². The van der Waals surface area contributed by atoms with Gasteiger partial charge >= 0.3 is 0 Å². The summed E-state index contributed by atoms with van der Waals surface area (Å²) in [5.41, 5.74) is 0.538. The lowest BCUT2D eigenvalue weighted by Gasteiger charge is -2.56. The van der Waals surface area contributed by atoms with Crippen molar-refractivity contribution in [3.8, 4) is 0 Å². The molecule has 116 valence electrons. The first-order valence-electron chi connectivity index (χ1n) is 8.57.